The summed E-state index contributed by atoms with van der Waals surface area (Å²) < 4.78 is 0. The molecule has 3 unspecified atom stereocenters. The lowest BCUT2D eigenvalue weighted by Gasteiger charge is -2.45. The van der Waals surface area contributed by atoms with Gasteiger partial charge in [-0.1, -0.05) is 27.7 Å². The van der Waals surface area contributed by atoms with E-state index < -0.39 is 0 Å². The minimum Gasteiger partial charge on any atom is -0.396 e. The smallest absolute Gasteiger partial charge is 0.0499 e. The van der Waals surface area contributed by atoms with Crippen molar-refractivity contribution in [1.29, 1.82) is 0 Å². The van der Waals surface area contributed by atoms with Crippen LogP contribution >= 0.6 is 0 Å². The van der Waals surface area contributed by atoms with Crippen molar-refractivity contribution in [2.45, 2.75) is 59.9 Å². The Bertz CT molecular complexity index is 217. The number of hydrogen-bond acceptors (Lipinski definition) is 2. The lowest BCUT2D eigenvalue weighted by molar-refractivity contribution is 0.00693. The van der Waals surface area contributed by atoms with E-state index in [1.807, 2.05) is 0 Å². The van der Waals surface area contributed by atoms with Crippen molar-refractivity contribution >= 4 is 0 Å². The first-order valence-corrected chi connectivity index (χ1v) is 7.33. The first-order valence-electron chi connectivity index (χ1n) is 7.33. The lowest BCUT2D eigenvalue weighted by atomic mass is 9.79. The van der Waals surface area contributed by atoms with Gasteiger partial charge < -0.3 is 5.11 Å². The Labute approximate surface area is 107 Å². The molecule has 0 aromatic heterocycles. The largest absolute Gasteiger partial charge is 0.396 e. The van der Waals surface area contributed by atoms with Gasteiger partial charge in [-0.3, -0.25) is 4.90 Å². The van der Waals surface area contributed by atoms with Gasteiger partial charge in [0.05, 0.1) is 0 Å². The Morgan fingerprint density at radius 1 is 1.18 bits per heavy atom. The number of aliphatic hydroxyl groups excluding tert-OH is 1. The van der Waals surface area contributed by atoms with E-state index in [4.69, 9.17) is 0 Å². The van der Waals surface area contributed by atoms with Crippen LogP contribution in [0.2, 0.25) is 0 Å². The van der Waals surface area contributed by atoms with Crippen LogP contribution in [-0.2, 0) is 0 Å². The van der Waals surface area contributed by atoms with Crippen molar-refractivity contribution in [1.82, 2.24) is 4.90 Å². The Balaban J connectivity index is 2.70. The first-order chi connectivity index (χ1) is 7.98. The van der Waals surface area contributed by atoms with Crippen LogP contribution < -0.4 is 0 Å². The summed E-state index contributed by atoms with van der Waals surface area (Å²) in [4.78, 5) is 2.61. The summed E-state index contributed by atoms with van der Waals surface area (Å²) in [6.45, 7) is 14.1. The third kappa shape index (κ3) is 3.45. The fraction of sp³-hybridized carbons (Fsp3) is 1.00. The molecule has 0 radical (unpaired) electrons. The number of piperidine rings is 1. The molecule has 17 heavy (non-hydrogen) atoms. The van der Waals surface area contributed by atoms with Crippen molar-refractivity contribution < 1.29 is 5.11 Å². The van der Waals surface area contributed by atoms with Crippen LogP contribution in [0, 0.1) is 17.3 Å². The monoisotopic (exact) mass is 241 g/mol. The SMILES string of the molecule is CCC(CC)(CO)CN1CC(C)CC(C)C1C. The van der Waals surface area contributed by atoms with Crippen molar-refractivity contribution in [3.63, 3.8) is 0 Å². The number of rotatable bonds is 5. The van der Waals surface area contributed by atoms with E-state index in [0.717, 1.165) is 31.2 Å². The van der Waals surface area contributed by atoms with E-state index in [-0.39, 0.29) is 5.41 Å². The highest BCUT2D eigenvalue weighted by Crippen LogP contribution is 2.33. The van der Waals surface area contributed by atoms with Gasteiger partial charge in [0.2, 0.25) is 0 Å². The molecular weight excluding hydrogens is 210 g/mol. The normalized spacial score (nSPS) is 31.8. The van der Waals surface area contributed by atoms with Gasteiger partial charge in [0.1, 0.15) is 0 Å². The van der Waals surface area contributed by atoms with Gasteiger partial charge in [0.15, 0.2) is 0 Å². The minimum absolute atomic E-state index is 0.116. The maximum absolute atomic E-state index is 9.70. The molecule has 3 atom stereocenters. The van der Waals surface area contributed by atoms with Gasteiger partial charge >= 0.3 is 0 Å². The summed E-state index contributed by atoms with van der Waals surface area (Å²) in [6, 6.07) is 0.662. The lowest BCUT2D eigenvalue weighted by Crippen LogP contribution is -2.51. The Kier molecular flexibility index (Phi) is 5.46. The predicted octanol–water partition coefficient (Wildman–Crippen LogP) is 3.15. The average Bonchev–Trinajstić information content (AvgIpc) is 2.32. The third-order valence-corrected chi connectivity index (χ3v) is 5.09. The van der Waals surface area contributed by atoms with Gasteiger partial charge in [0.25, 0.3) is 0 Å². The highest BCUT2D eigenvalue weighted by Gasteiger charge is 2.34. The van der Waals surface area contributed by atoms with Gasteiger partial charge in [0, 0.05) is 31.2 Å². The van der Waals surface area contributed by atoms with E-state index in [1.54, 1.807) is 0 Å². The Morgan fingerprint density at radius 2 is 1.76 bits per heavy atom. The Morgan fingerprint density at radius 3 is 2.24 bits per heavy atom. The fourth-order valence-corrected chi connectivity index (χ4v) is 3.22. The molecule has 1 fully saturated rings. The number of nitrogens with zero attached hydrogens (tertiary/aromatic N) is 1. The molecule has 2 nitrogen and oxygen atoms in total. The summed E-state index contributed by atoms with van der Waals surface area (Å²) in [5, 5.41) is 9.70. The molecule has 1 saturated heterocycles. The second-order valence-electron chi connectivity index (χ2n) is 6.35. The molecular formula is C15H31NO. The Hall–Kier alpha value is -0.0800. The van der Waals surface area contributed by atoms with Crippen LogP contribution in [0.3, 0.4) is 0 Å². The molecule has 1 N–H and O–H groups in total. The van der Waals surface area contributed by atoms with Crippen LogP contribution in [0.1, 0.15) is 53.9 Å². The topological polar surface area (TPSA) is 23.5 Å². The van der Waals surface area contributed by atoms with Crippen LogP contribution in [0.4, 0.5) is 0 Å². The predicted molar refractivity (Wildman–Crippen MR) is 74.1 cm³/mol. The van der Waals surface area contributed by atoms with Gasteiger partial charge in [-0.15, -0.1) is 0 Å². The van der Waals surface area contributed by atoms with Crippen molar-refractivity contribution in [3.05, 3.63) is 0 Å². The standard InChI is InChI=1S/C15H31NO/c1-6-15(7-2,11-17)10-16-9-12(3)8-13(4)14(16)5/h12-14,17H,6-11H2,1-5H3. The third-order valence-electron chi connectivity index (χ3n) is 5.09. The molecule has 0 aromatic carbocycles. The number of hydrogen-bond donors (Lipinski definition) is 1. The summed E-state index contributed by atoms with van der Waals surface area (Å²) in [5.41, 5.74) is 0.116. The maximum atomic E-state index is 9.70. The van der Waals surface area contributed by atoms with Crippen molar-refractivity contribution in [2.75, 3.05) is 19.7 Å². The fourth-order valence-electron chi connectivity index (χ4n) is 3.22. The van der Waals surface area contributed by atoms with Gasteiger partial charge in [-0.05, 0) is 38.0 Å². The highest BCUT2D eigenvalue weighted by molar-refractivity contribution is 4.87. The molecule has 102 valence electrons. The molecule has 2 heteroatoms. The van der Waals surface area contributed by atoms with E-state index in [9.17, 15) is 5.11 Å². The van der Waals surface area contributed by atoms with Gasteiger partial charge in [-0.25, -0.2) is 0 Å². The molecule has 1 aliphatic heterocycles. The van der Waals surface area contributed by atoms with Crippen LogP contribution in [0.5, 0.6) is 0 Å². The second kappa shape index (κ2) is 6.19. The van der Waals surface area contributed by atoms with E-state index in [0.29, 0.717) is 12.6 Å². The second-order valence-corrected chi connectivity index (χ2v) is 6.35. The minimum atomic E-state index is 0.116. The summed E-state index contributed by atoms with van der Waals surface area (Å²) in [5.74, 6) is 1.58. The van der Waals surface area contributed by atoms with Crippen LogP contribution in [-0.4, -0.2) is 35.7 Å². The highest BCUT2D eigenvalue weighted by atomic mass is 16.3. The quantitative estimate of drug-likeness (QED) is 0.799. The average molecular weight is 241 g/mol. The van der Waals surface area contributed by atoms with Crippen molar-refractivity contribution in [2.24, 2.45) is 17.3 Å². The zero-order valence-electron chi connectivity index (χ0n) is 12.4. The molecule has 1 rings (SSSR count). The van der Waals surface area contributed by atoms with E-state index in [2.05, 4.69) is 39.5 Å². The molecule has 0 aromatic rings. The molecule has 0 amide bonds. The van der Waals surface area contributed by atoms with Crippen LogP contribution in [0.25, 0.3) is 0 Å². The zero-order chi connectivity index (χ0) is 13.1. The molecule has 1 aliphatic rings. The zero-order valence-corrected chi connectivity index (χ0v) is 12.4. The molecule has 0 aliphatic carbocycles. The molecule has 1 heterocycles. The maximum Gasteiger partial charge on any atom is 0.0499 e. The van der Waals surface area contributed by atoms with E-state index in [1.165, 1.54) is 13.0 Å². The van der Waals surface area contributed by atoms with Crippen molar-refractivity contribution in [3.8, 4) is 0 Å². The number of aliphatic hydroxyl groups is 1. The van der Waals surface area contributed by atoms with Gasteiger partial charge in [-0.2, -0.15) is 0 Å². The number of likely N-dealkylation sites (tertiary alicyclic amines) is 1. The van der Waals surface area contributed by atoms with Crippen LogP contribution in [0.15, 0.2) is 0 Å². The summed E-state index contributed by atoms with van der Waals surface area (Å²) in [6.07, 6.45) is 3.50. The molecule has 0 bridgehead atoms. The van der Waals surface area contributed by atoms with E-state index >= 15 is 0 Å². The first kappa shape index (κ1) is 15.0. The molecule has 0 spiro atoms. The summed E-state index contributed by atoms with van der Waals surface area (Å²) >= 11 is 0. The summed E-state index contributed by atoms with van der Waals surface area (Å²) in [7, 11) is 0. The molecule has 0 saturated carbocycles.